The molecule has 192 valence electrons. The molecule has 1 aromatic heterocycles. The van der Waals surface area contributed by atoms with Gasteiger partial charge in [0.05, 0.1) is 21.7 Å². The summed E-state index contributed by atoms with van der Waals surface area (Å²) in [4.78, 5) is 15.5. The zero-order valence-electron chi connectivity index (χ0n) is 19.1. The minimum atomic E-state index is -4.45. The van der Waals surface area contributed by atoms with Gasteiger partial charge in [0.1, 0.15) is 23.8 Å². The number of nitrogens with one attached hydrogen (secondary N) is 1. The number of sulfonamides is 1. The number of aromatic nitrogens is 1. The first-order valence-corrected chi connectivity index (χ1v) is 12.1. The molecule has 0 atom stereocenters. The van der Waals surface area contributed by atoms with Gasteiger partial charge < -0.3 is 14.3 Å². The van der Waals surface area contributed by atoms with Crippen LogP contribution in [-0.4, -0.2) is 24.5 Å². The smallest absolute Gasteiger partial charge is 0.416 e. The number of nitrogens with zero attached hydrogens (tertiary/aromatic N) is 1. The van der Waals surface area contributed by atoms with Crippen molar-refractivity contribution in [1.82, 2.24) is 4.98 Å². The number of hydrogen-bond donors (Lipinski definition) is 2. The van der Waals surface area contributed by atoms with Crippen LogP contribution in [0.5, 0.6) is 5.75 Å². The van der Waals surface area contributed by atoms with Gasteiger partial charge in [0.2, 0.25) is 5.89 Å². The molecule has 0 aliphatic rings. The van der Waals surface area contributed by atoms with Crippen LogP contribution in [0, 0.1) is 6.92 Å². The summed E-state index contributed by atoms with van der Waals surface area (Å²) in [6.45, 7) is 1.60. The topological polar surface area (TPSA) is 119 Å². The highest BCUT2D eigenvalue weighted by Crippen LogP contribution is 2.31. The number of alkyl halides is 3. The summed E-state index contributed by atoms with van der Waals surface area (Å²) in [5.74, 6) is -0.399. The van der Waals surface area contributed by atoms with Crippen molar-refractivity contribution in [2.24, 2.45) is 0 Å². The second kappa shape index (κ2) is 9.97. The molecular formula is C25H19F3N2O6S. The predicted molar refractivity (Wildman–Crippen MR) is 127 cm³/mol. The average Bonchev–Trinajstić information content (AvgIpc) is 3.23. The number of benzene rings is 3. The molecule has 8 nitrogen and oxygen atoms in total. The quantitative estimate of drug-likeness (QED) is 0.297. The predicted octanol–water partition coefficient (Wildman–Crippen LogP) is 5.75. The van der Waals surface area contributed by atoms with Crippen molar-refractivity contribution in [3.63, 3.8) is 0 Å². The maximum absolute atomic E-state index is 12.8. The summed E-state index contributed by atoms with van der Waals surface area (Å²) < 4.78 is 77.2. The normalized spacial score (nSPS) is 11.8. The molecule has 12 heteroatoms. The Labute approximate surface area is 209 Å². The van der Waals surface area contributed by atoms with E-state index in [9.17, 15) is 31.5 Å². The van der Waals surface area contributed by atoms with Crippen LogP contribution in [0.4, 0.5) is 18.9 Å². The zero-order chi connectivity index (χ0) is 26.8. The Morgan fingerprint density at radius 1 is 1.03 bits per heavy atom. The van der Waals surface area contributed by atoms with Crippen LogP contribution in [0.1, 0.15) is 27.4 Å². The highest BCUT2D eigenvalue weighted by molar-refractivity contribution is 7.92. The molecule has 4 rings (SSSR count). The molecule has 0 unspecified atom stereocenters. The first kappa shape index (κ1) is 25.8. The van der Waals surface area contributed by atoms with Crippen molar-refractivity contribution in [1.29, 1.82) is 0 Å². The fraction of sp³-hybridized carbons (Fsp3) is 0.120. The van der Waals surface area contributed by atoms with E-state index in [1.165, 1.54) is 60.7 Å². The highest BCUT2D eigenvalue weighted by Gasteiger charge is 2.30. The van der Waals surface area contributed by atoms with Crippen LogP contribution >= 0.6 is 0 Å². The van der Waals surface area contributed by atoms with Gasteiger partial charge in [0.25, 0.3) is 10.0 Å². The van der Waals surface area contributed by atoms with E-state index in [-0.39, 0.29) is 28.6 Å². The van der Waals surface area contributed by atoms with Crippen molar-refractivity contribution in [2.45, 2.75) is 24.6 Å². The lowest BCUT2D eigenvalue weighted by Crippen LogP contribution is -2.15. The van der Waals surface area contributed by atoms with E-state index in [2.05, 4.69) is 9.71 Å². The Kier molecular flexibility index (Phi) is 6.94. The molecule has 3 aromatic carbocycles. The monoisotopic (exact) mass is 532 g/mol. The number of halogens is 3. The number of carbonyl (C=O) groups is 1. The molecule has 0 spiro atoms. The number of ether oxygens (including phenoxy) is 1. The van der Waals surface area contributed by atoms with E-state index in [0.29, 0.717) is 22.8 Å². The van der Waals surface area contributed by atoms with Crippen molar-refractivity contribution < 1.29 is 40.6 Å². The van der Waals surface area contributed by atoms with Gasteiger partial charge >= 0.3 is 12.1 Å². The summed E-state index contributed by atoms with van der Waals surface area (Å²) in [6.07, 6.45) is -4.45. The Morgan fingerprint density at radius 2 is 1.68 bits per heavy atom. The molecule has 0 bridgehead atoms. The van der Waals surface area contributed by atoms with Gasteiger partial charge in [-0.3, -0.25) is 4.72 Å². The van der Waals surface area contributed by atoms with Crippen LogP contribution in [0.3, 0.4) is 0 Å². The number of carboxylic acids is 1. The van der Waals surface area contributed by atoms with Gasteiger partial charge in [0.15, 0.2) is 0 Å². The molecule has 2 N–H and O–H groups in total. The van der Waals surface area contributed by atoms with Gasteiger partial charge in [-0.25, -0.2) is 18.2 Å². The fourth-order valence-electron chi connectivity index (χ4n) is 3.32. The number of para-hydroxylation sites is 1. The van der Waals surface area contributed by atoms with Crippen molar-refractivity contribution in [2.75, 3.05) is 4.72 Å². The summed E-state index contributed by atoms with van der Waals surface area (Å²) in [5, 5.41) is 9.24. The highest BCUT2D eigenvalue weighted by atomic mass is 32.2. The number of aromatic carboxylic acids is 1. The Morgan fingerprint density at radius 3 is 2.30 bits per heavy atom. The summed E-state index contributed by atoms with van der Waals surface area (Å²) in [5.41, 5.74) is -0.257. The first-order valence-electron chi connectivity index (χ1n) is 10.7. The van der Waals surface area contributed by atoms with Crippen LogP contribution in [0.15, 0.2) is 82.1 Å². The van der Waals surface area contributed by atoms with Gasteiger partial charge in [-0.05, 0) is 67.6 Å². The molecule has 0 saturated heterocycles. The van der Waals surface area contributed by atoms with Crippen LogP contribution in [-0.2, 0) is 22.8 Å². The van der Waals surface area contributed by atoms with Crippen molar-refractivity contribution >= 4 is 21.7 Å². The summed E-state index contributed by atoms with van der Waals surface area (Å²) in [7, 11) is -4.07. The lowest BCUT2D eigenvalue weighted by Gasteiger charge is -2.11. The van der Waals surface area contributed by atoms with Gasteiger partial charge in [0, 0.05) is 5.56 Å². The maximum atomic E-state index is 12.8. The molecule has 0 saturated carbocycles. The largest absolute Gasteiger partial charge is 0.487 e. The van der Waals surface area contributed by atoms with E-state index in [1.54, 1.807) is 6.92 Å². The minimum Gasteiger partial charge on any atom is -0.487 e. The molecular weight excluding hydrogens is 513 g/mol. The molecule has 4 aromatic rings. The van der Waals surface area contributed by atoms with E-state index in [1.807, 2.05) is 0 Å². The SMILES string of the molecule is Cc1oc(-c2ccc(C(F)(F)F)cc2)nc1COc1ccc(S(=O)(=O)Nc2ccccc2C(=O)O)cc1. The van der Waals surface area contributed by atoms with Crippen molar-refractivity contribution in [3.8, 4) is 17.2 Å². The molecule has 37 heavy (non-hydrogen) atoms. The molecule has 1 heterocycles. The van der Waals surface area contributed by atoms with Gasteiger partial charge in [-0.2, -0.15) is 13.2 Å². The minimum absolute atomic E-state index is 0.0354. The third-order valence-corrected chi connectivity index (χ3v) is 6.64. The molecule has 0 aliphatic carbocycles. The van der Waals surface area contributed by atoms with E-state index < -0.39 is 27.7 Å². The third-order valence-electron chi connectivity index (χ3n) is 5.26. The number of aryl methyl sites for hydroxylation is 1. The van der Waals surface area contributed by atoms with Gasteiger partial charge in [-0.1, -0.05) is 12.1 Å². The number of oxazole rings is 1. The van der Waals surface area contributed by atoms with E-state index in [0.717, 1.165) is 12.1 Å². The molecule has 0 amide bonds. The Balaban J connectivity index is 1.43. The standard InChI is InChI=1S/C25H19F3N2O6S/c1-15-22(29-23(36-15)16-6-8-17(9-7-16)25(26,27)28)14-35-18-10-12-19(13-11-18)37(33,34)30-21-5-3-2-4-20(21)24(31)32/h2-13,30H,14H2,1H3,(H,31,32). The van der Waals surface area contributed by atoms with E-state index >= 15 is 0 Å². The van der Waals surface area contributed by atoms with Gasteiger partial charge in [-0.15, -0.1) is 0 Å². The molecule has 0 fully saturated rings. The second-order valence-electron chi connectivity index (χ2n) is 7.81. The third kappa shape index (κ3) is 5.92. The second-order valence-corrected chi connectivity index (χ2v) is 9.50. The molecule has 0 radical (unpaired) electrons. The maximum Gasteiger partial charge on any atom is 0.416 e. The van der Waals surface area contributed by atoms with Crippen LogP contribution in [0.2, 0.25) is 0 Å². The Hall–Kier alpha value is -4.32. The number of carboxylic acid groups (broad SMARTS) is 1. The van der Waals surface area contributed by atoms with E-state index in [4.69, 9.17) is 9.15 Å². The zero-order valence-corrected chi connectivity index (χ0v) is 19.9. The summed E-state index contributed by atoms with van der Waals surface area (Å²) >= 11 is 0. The average molecular weight is 532 g/mol. The summed E-state index contributed by atoms with van der Waals surface area (Å²) in [6, 6.07) is 15.5. The fourth-order valence-corrected chi connectivity index (χ4v) is 4.40. The number of anilines is 1. The number of hydrogen-bond acceptors (Lipinski definition) is 6. The Bertz CT molecular complexity index is 1530. The van der Waals surface area contributed by atoms with Crippen LogP contribution in [0.25, 0.3) is 11.5 Å². The lowest BCUT2D eigenvalue weighted by molar-refractivity contribution is -0.137. The molecule has 0 aliphatic heterocycles. The first-order chi connectivity index (χ1) is 17.4. The lowest BCUT2D eigenvalue weighted by atomic mass is 10.1. The number of rotatable bonds is 8. The van der Waals surface area contributed by atoms with Crippen LogP contribution < -0.4 is 9.46 Å². The van der Waals surface area contributed by atoms with Crippen molar-refractivity contribution in [3.05, 3.63) is 95.4 Å².